The molecule has 0 spiro atoms. The number of nitrogens with zero attached hydrogens (tertiary/aromatic N) is 1. The molecule has 3 aliphatic carbocycles. The Kier molecular flexibility index (Phi) is 4.64. The monoisotopic (exact) mass is 421 g/mol. The van der Waals surface area contributed by atoms with E-state index in [1.807, 2.05) is 0 Å². The van der Waals surface area contributed by atoms with Crippen LogP contribution in [0.15, 0.2) is 84.9 Å². The molecule has 2 nitrogen and oxygen atoms in total. The topological polar surface area (TPSA) is 23.5 Å². The largest absolute Gasteiger partial charge is 0.393 e. The van der Waals surface area contributed by atoms with Crippen LogP contribution in [-0.4, -0.2) is 35.7 Å². The normalized spacial score (nSPS) is 29.8. The highest BCUT2D eigenvalue weighted by Gasteiger charge is 2.56. The zero-order valence-electron chi connectivity index (χ0n) is 18.9. The van der Waals surface area contributed by atoms with E-state index in [9.17, 15) is 5.11 Å². The summed E-state index contributed by atoms with van der Waals surface area (Å²) in [6.45, 7) is 0. The van der Waals surface area contributed by atoms with Gasteiger partial charge in [0, 0.05) is 5.54 Å². The van der Waals surface area contributed by atoms with E-state index in [2.05, 4.69) is 104 Å². The third kappa shape index (κ3) is 2.93. The molecule has 0 aromatic heterocycles. The van der Waals surface area contributed by atoms with E-state index in [-0.39, 0.29) is 17.6 Å². The van der Waals surface area contributed by atoms with Gasteiger partial charge in [-0.2, -0.15) is 0 Å². The number of aliphatic hydroxyl groups excluding tert-OH is 1. The van der Waals surface area contributed by atoms with E-state index in [1.54, 1.807) is 0 Å². The molecule has 4 aromatic rings. The average Bonchev–Trinajstić information content (AvgIpc) is 2.83. The predicted octanol–water partition coefficient (Wildman–Crippen LogP) is 6.34. The average molecular weight is 422 g/mol. The molecular formula is C30H31NO. The van der Waals surface area contributed by atoms with Crippen LogP contribution in [0.25, 0.3) is 21.5 Å². The predicted molar refractivity (Wildman–Crippen MR) is 133 cm³/mol. The van der Waals surface area contributed by atoms with Gasteiger partial charge < -0.3 is 10.0 Å². The molecule has 3 aliphatic rings. The minimum atomic E-state index is -0.298. The van der Waals surface area contributed by atoms with E-state index < -0.39 is 0 Å². The number of benzene rings is 4. The third-order valence-electron chi connectivity index (χ3n) is 8.56. The van der Waals surface area contributed by atoms with Crippen LogP contribution in [0.3, 0.4) is 0 Å². The van der Waals surface area contributed by atoms with E-state index in [0.717, 1.165) is 19.3 Å². The second-order valence-electron chi connectivity index (χ2n) is 10.2. The lowest BCUT2D eigenvalue weighted by molar-refractivity contribution is -0.0904. The van der Waals surface area contributed by atoms with Crippen molar-refractivity contribution in [3.63, 3.8) is 0 Å². The van der Waals surface area contributed by atoms with Crippen molar-refractivity contribution in [3.05, 3.63) is 96.1 Å². The lowest BCUT2D eigenvalue weighted by Gasteiger charge is -2.60. The Labute approximate surface area is 190 Å². The van der Waals surface area contributed by atoms with E-state index in [0.29, 0.717) is 11.8 Å². The maximum Gasteiger partial charge on any atom is 0.0597 e. The molecule has 0 heterocycles. The van der Waals surface area contributed by atoms with Crippen LogP contribution in [0.2, 0.25) is 0 Å². The maximum atomic E-state index is 11.6. The van der Waals surface area contributed by atoms with Crippen molar-refractivity contribution in [2.75, 3.05) is 14.1 Å². The third-order valence-corrected chi connectivity index (χ3v) is 8.56. The van der Waals surface area contributed by atoms with Crippen molar-refractivity contribution >= 4 is 21.5 Å². The summed E-state index contributed by atoms with van der Waals surface area (Å²) < 4.78 is 0. The maximum absolute atomic E-state index is 11.6. The van der Waals surface area contributed by atoms with Crippen molar-refractivity contribution in [1.29, 1.82) is 0 Å². The molecule has 0 aliphatic heterocycles. The lowest BCUT2D eigenvalue weighted by atomic mass is 9.51. The van der Waals surface area contributed by atoms with Gasteiger partial charge in [0.25, 0.3) is 0 Å². The number of rotatable bonds is 3. The molecular weight excluding hydrogens is 390 g/mol. The molecule has 32 heavy (non-hydrogen) atoms. The lowest BCUT2D eigenvalue weighted by Crippen LogP contribution is -2.60. The van der Waals surface area contributed by atoms with Gasteiger partial charge in [-0.25, -0.2) is 0 Å². The SMILES string of the molecule is CN(C)C12CC(O)C(C(c3cccc4ccccc34)C1)C(c1cccc3ccccc13)C2. The molecule has 7 rings (SSSR count). The van der Waals surface area contributed by atoms with Crippen LogP contribution in [-0.2, 0) is 0 Å². The second kappa shape index (κ2) is 7.43. The number of fused-ring (bicyclic) bond motifs is 5. The molecule has 2 heteroatoms. The first kappa shape index (κ1) is 20.0. The van der Waals surface area contributed by atoms with Gasteiger partial charge in [0.2, 0.25) is 0 Å². The van der Waals surface area contributed by atoms with Gasteiger partial charge >= 0.3 is 0 Å². The van der Waals surface area contributed by atoms with Crippen molar-refractivity contribution in [2.45, 2.75) is 42.7 Å². The summed E-state index contributed by atoms with van der Waals surface area (Å²) in [5.41, 5.74) is 2.82. The molecule has 0 amide bonds. The van der Waals surface area contributed by atoms with Crippen molar-refractivity contribution in [2.24, 2.45) is 5.92 Å². The molecule has 1 N–H and O–H groups in total. The van der Waals surface area contributed by atoms with Crippen molar-refractivity contribution in [3.8, 4) is 0 Å². The minimum Gasteiger partial charge on any atom is -0.393 e. The van der Waals surface area contributed by atoms with Crippen molar-refractivity contribution in [1.82, 2.24) is 4.90 Å². The molecule has 0 radical (unpaired) electrons. The summed E-state index contributed by atoms with van der Waals surface area (Å²) in [6, 6.07) is 30.9. The van der Waals surface area contributed by atoms with Gasteiger partial charge in [-0.3, -0.25) is 0 Å². The Balaban J connectivity index is 1.56. The van der Waals surface area contributed by atoms with Gasteiger partial charge in [-0.05, 0) is 83.8 Å². The highest BCUT2D eigenvalue weighted by Crippen LogP contribution is 2.60. The fourth-order valence-electron chi connectivity index (χ4n) is 7.01. The van der Waals surface area contributed by atoms with Crippen LogP contribution < -0.4 is 0 Å². The molecule has 2 bridgehead atoms. The van der Waals surface area contributed by atoms with Gasteiger partial charge in [-0.15, -0.1) is 0 Å². The Bertz CT molecular complexity index is 1190. The summed E-state index contributed by atoms with van der Waals surface area (Å²) in [5.74, 6) is 0.906. The Morgan fingerprint density at radius 3 is 1.62 bits per heavy atom. The van der Waals surface area contributed by atoms with Crippen LogP contribution in [0, 0.1) is 5.92 Å². The van der Waals surface area contributed by atoms with Crippen molar-refractivity contribution < 1.29 is 5.11 Å². The summed E-state index contributed by atoms with van der Waals surface area (Å²) in [4.78, 5) is 2.40. The number of hydrogen-bond donors (Lipinski definition) is 1. The van der Waals surface area contributed by atoms with Crippen LogP contribution in [0.4, 0.5) is 0 Å². The van der Waals surface area contributed by atoms with Crippen LogP contribution in [0.1, 0.15) is 42.2 Å². The molecule has 0 saturated heterocycles. The first-order chi connectivity index (χ1) is 15.6. The van der Waals surface area contributed by atoms with E-state index in [1.165, 1.54) is 32.7 Å². The standard InChI is InChI=1S/C30H31NO/c1-31(2)30-17-26(24-15-7-11-20-9-3-5-13-22(20)24)29(28(32)19-30)27(18-30)25-16-8-12-21-10-4-6-14-23(21)25/h3-16,26-29,32H,17-19H2,1-2H3. The summed E-state index contributed by atoms with van der Waals surface area (Å²) in [7, 11) is 4.41. The smallest absolute Gasteiger partial charge is 0.0597 e. The first-order valence-corrected chi connectivity index (χ1v) is 11.9. The Morgan fingerprint density at radius 1 is 0.656 bits per heavy atom. The van der Waals surface area contributed by atoms with Gasteiger partial charge in [0.1, 0.15) is 0 Å². The molecule has 4 aromatic carbocycles. The highest BCUT2D eigenvalue weighted by atomic mass is 16.3. The summed E-state index contributed by atoms with van der Waals surface area (Å²) >= 11 is 0. The second-order valence-corrected chi connectivity index (χ2v) is 10.2. The molecule has 3 unspecified atom stereocenters. The first-order valence-electron chi connectivity index (χ1n) is 11.9. The number of aliphatic hydroxyl groups is 1. The quantitative estimate of drug-likeness (QED) is 0.417. The van der Waals surface area contributed by atoms with Crippen LogP contribution >= 0.6 is 0 Å². The molecule has 3 saturated carbocycles. The Morgan fingerprint density at radius 2 is 1.12 bits per heavy atom. The van der Waals surface area contributed by atoms with Gasteiger partial charge in [0.15, 0.2) is 0 Å². The van der Waals surface area contributed by atoms with Gasteiger partial charge in [0.05, 0.1) is 6.10 Å². The fourth-order valence-corrected chi connectivity index (χ4v) is 7.01. The number of hydrogen-bond acceptors (Lipinski definition) is 2. The zero-order chi connectivity index (χ0) is 21.9. The Hall–Kier alpha value is -2.68. The molecule has 3 fully saturated rings. The van der Waals surface area contributed by atoms with E-state index >= 15 is 0 Å². The highest BCUT2D eigenvalue weighted by molar-refractivity contribution is 5.87. The summed E-state index contributed by atoms with van der Waals surface area (Å²) in [6.07, 6.45) is 2.79. The molecule has 162 valence electrons. The zero-order valence-corrected chi connectivity index (χ0v) is 18.9. The van der Waals surface area contributed by atoms with Gasteiger partial charge in [-0.1, -0.05) is 84.9 Å². The van der Waals surface area contributed by atoms with Crippen LogP contribution in [0.5, 0.6) is 0 Å². The fraction of sp³-hybridized carbons (Fsp3) is 0.333. The van der Waals surface area contributed by atoms with E-state index in [4.69, 9.17) is 0 Å². The molecule has 3 atom stereocenters. The summed E-state index contributed by atoms with van der Waals surface area (Å²) in [5, 5.41) is 16.9. The minimum absolute atomic E-state index is 0.0113.